The molecule has 1 saturated carbocycles. The fraction of sp³-hybridized carbons (Fsp3) is 0.733. The quantitative estimate of drug-likeness (QED) is 0.896. The van der Waals surface area contributed by atoms with Crippen LogP contribution in [0.5, 0.6) is 0 Å². The molecule has 0 amide bonds. The Labute approximate surface area is 123 Å². The Kier molecular flexibility index (Phi) is 5.56. The van der Waals surface area contributed by atoms with Crippen molar-refractivity contribution in [2.24, 2.45) is 11.8 Å². The van der Waals surface area contributed by atoms with E-state index in [-0.39, 0.29) is 24.8 Å². The number of hydrogen-bond acceptors (Lipinski definition) is 3. The van der Waals surface area contributed by atoms with Gasteiger partial charge in [0.2, 0.25) is 0 Å². The predicted octanol–water partition coefficient (Wildman–Crippen LogP) is 3.89. The zero-order chi connectivity index (χ0) is 15.3. The van der Waals surface area contributed by atoms with Crippen LogP contribution in [0.15, 0.2) is 18.6 Å². The van der Waals surface area contributed by atoms with Gasteiger partial charge in [-0.05, 0) is 38.1 Å². The van der Waals surface area contributed by atoms with Gasteiger partial charge in [0.25, 0.3) is 0 Å². The van der Waals surface area contributed by atoms with Gasteiger partial charge in [-0.1, -0.05) is 13.3 Å². The maximum atomic E-state index is 13.0. The highest BCUT2D eigenvalue weighted by Gasteiger charge is 2.43. The lowest BCUT2D eigenvalue weighted by Gasteiger charge is -2.35. The van der Waals surface area contributed by atoms with Crippen LogP contribution < -0.4 is 5.32 Å². The minimum absolute atomic E-state index is 0.0337. The molecule has 0 aromatic carbocycles. The molecule has 0 spiro atoms. The maximum absolute atomic E-state index is 13.0. The van der Waals surface area contributed by atoms with Gasteiger partial charge in [-0.3, -0.25) is 9.97 Å². The number of hydrogen-bond donors (Lipinski definition) is 1. The third-order valence-corrected chi connectivity index (χ3v) is 4.17. The van der Waals surface area contributed by atoms with Crippen molar-refractivity contribution in [2.45, 2.75) is 51.2 Å². The number of halogens is 3. The van der Waals surface area contributed by atoms with Crippen molar-refractivity contribution in [2.75, 3.05) is 6.54 Å². The Morgan fingerprint density at radius 3 is 2.76 bits per heavy atom. The first kappa shape index (κ1) is 16.2. The molecule has 118 valence electrons. The summed E-state index contributed by atoms with van der Waals surface area (Å²) in [5, 5.41) is 3.36. The topological polar surface area (TPSA) is 37.8 Å². The highest BCUT2D eigenvalue weighted by Crippen LogP contribution is 2.43. The first-order valence-corrected chi connectivity index (χ1v) is 7.58. The van der Waals surface area contributed by atoms with Crippen molar-refractivity contribution in [3.8, 4) is 0 Å². The molecule has 2 rings (SSSR count). The first-order chi connectivity index (χ1) is 10.0. The number of alkyl halides is 3. The molecule has 3 unspecified atom stereocenters. The van der Waals surface area contributed by atoms with Gasteiger partial charge >= 0.3 is 6.18 Å². The molecule has 1 aliphatic carbocycles. The van der Waals surface area contributed by atoms with Gasteiger partial charge in [0.1, 0.15) is 0 Å². The van der Waals surface area contributed by atoms with E-state index in [1.165, 1.54) is 0 Å². The standard InChI is InChI=1S/C15H22F3N3/c1-2-6-21-14(13-10-19-7-8-20-13)11-4-3-5-12(9-11)15(16,17)18/h7-8,10-12,14,21H,2-6,9H2,1H3. The highest BCUT2D eigenvalue weighted by molar-refractivity contribution is 5.05. The number of nitrogens with one attached hydrogen (secondary N) is 1. The summed E-state index contributed by atoms with van der Waals surface area (Å²) in [6, 6.07) is -0.135. The Balaban J connectivity index is 2.13. The van der Waals surface area contributed by atoms with Crippen molar-refractivity contribution >= 4 is 0 Å². The van der Waals surface area contributed by atoms with Gasteiger partial charge in [0.15, 0.2) is 0 Å². The van der Waals surface area contributed by atoms with Gasteiger partial charge in [-0.25, -0.2) is 0 Å². The molecule has 6 heteroatoms. The van der Waals surface area contributed by atoms with Gasteiger partial charge in [-0.2, -0.15) is 13.2 Å². The summed E-state index contributed by atoms with van der Waals surface area (Å²) < 4.78 is 39.0. The Hall–Kier alpha value is -1.17. The van der Waals surface area contributed by atoms with E-state index in [1.54, 1.807) is 18.6 Å². The Morgan fingerprint density at radius 2 is 2.14 bits per heavy atom. The average molecular weight is 301 g/mol. The fourth-order valence-corrected chi connectivity index (χ4v) is 3.11. The smallest absolute Gasteiger partial charge is 0.308 e. The van der Waals surface area contributed by atoms with E-state index in [9.17, 15) is 13.2 Å². The lowest BCUT2D eigenvalue weighted by molar-refractivity contribution is -0.186. The van der Waals surface area contributed by atoms with Crippen LogP contribution in [0.3, 0.4) is 0 Å². The van der Waals surface area contributed by atoms with Crippen LogP contribution in [-0.2, 0) is 0 Å². The lowest BCUT2D eigenvalue weighted by atomic mass is 9.76. The van der Waals surface area contributed by atoms with E-state index < -0.39 is 12.1 Å². The fourth-order valence-electron chi connectivity index (χ4n) is 3.11. The maximum Gasteiger partial charge on any atom is 0.391 e. The van der Waals surface area contributed by atoms with Crippen molar-refractivity contribution in [1.82, 2.24) is 15.3 Å². The van der Waals surface area contributed by atoms with Crippen molar-refractivity contribution < 1.29 is 13.2 Å². The van der Waals surface area contributed by atoms with Crippen LogP contribution in [-0.4, -0.2) is 22.7 Å². The third kappa shape index (κ3) is 4.40. The van der Waals surface area contributed by atoms with Crippen molar-refractivity contribution in [3.05, 3.63) is 24.3 Å². The predicted molar refractivity (Wildman–Crippen MR) is 74.6 cm³/mol. The molecular formula is C15H22F3N3. The molecular weight excluding hydrogens is 279 g/mol. The summed E-state index contributed by atoms with van der Waals surface area (Å²) in [5.41, 5.74) is 0.749. The van der Waals surface area contributed by atoms with E-state index in [4.69, 9.17) is 0 Å². The molecule has 0 bridgehead atoms. The van der Waals surface area contributed by atoms with Crippen molar-refractivity contribution in [1.29, 1.82) is 0 Å². The Morgan fingerprint density at radius 1 is 1.33 bits per heavy atom. The minimum atomic E-state index is -4.09. The molecule has 1 N–H and O–H groups in total. The van der Waals surface area contributed by atoms with Crippen LogP contribution in [0.25, 0.3) is 0 Å². The highest BCUT2D eigenvalue weighted by atomic mass is 19.4. The molecule has 3 nitrogen and oxygen atoms in total. The van der Waals surface area contributed by atoms with E-state index in [0.717, 1.165) is 25.1 Å². The molecule has 0 saturated heterocycles. The van der Waals surface area contributed by atoms with Crippen LogP contribution in [0.2, 0.25) is 0 Å². The minimum Gasteiger partial charge on any atom is -0.308 e. The monoisotopic (exact) mass is 301 g/mol. The molecule has 1 aliphatic rings. The molecule has 1 aromatic rings. The van der Waals surface area contributed by atoms with E-state index in [0.29, 0.717) is 6.42 Å². The summed E-state index contributed by atoms with van der Waals surface area (Å²) in [7, 11) is 0. The average Bonchev–Trinajstić information content (AvgIpc) is 2.48. The van der Waals surface area contributed by atoms with Crippen LogP contribution in [0.4, 0.5) is 13.2 Å². The van der Waals surface area contributed by atoms with Gasteiger partial charge in [-0.15, -0.1) is 0 Å². The van der Waals surface area contributed by atoms with E-state index >= 15 is 0 Å². The summed E-state index contributed by atoms with van der Waals surface area (Å²) in [4.78, 5) is 8.34. The summed E-state index contributed by atoms with van der Waals surface area (Å²) in [6.07, 6.45) is 3.55. The molecule has 1 aromatic heterocycles. The summed E-state index contributed by atoms with van der Waals surface area (Å²) in [6.45, 7) is 2.81. The lowest BCUT2D eigenvalue weighted by Crippen LogP contribution is -2.36. The van der Waals surface area contributed by atoms with Gasteiger partial charge in [0.05, 0.1) is 17.7 Å². The molecule has 0 aliphatic heterocycles. The second-order valence-corrected chi connectivity index (χ2v) is 5.73. The zero-order valence-corrected chi connectivity index (χ0v) is 12.2. The van der Waals surface area contributed by atoms with Crippen LogP contribution in [0.1, 0.15) is 50.8 Å². The summed E-state index contributed by atoms with van der Waals surface area (Å²) in [5.74, 6) is -1.22. The van der Waals surface area contributed by atoms with Gasteiger partial charge in [0, 0.05) is 18.6 Å². The number of aromatic nitrogens is 2. The number of nitrogens with zero attached hydrogens (tertiary/aromatic N) is 2. The molecule has 21 heavy (non-hydrogen) atoms. The van der Waals surface area contributed by atoms with E-state index in [1.807, 2.05) is 6.92 Å². The van der Waals surface area contributed by atoms with Crippen LogP contribution >= 0.6 is 0 Å². The summed E-state index contributed by atoms with van der Waals surface area (Å²) >= 11 is 0. The van der Waals surface area contributed by atoms with Gasteiger partial charge < -0.3 is 5.32 Å². The molecule has 0 radical (unpaired) electrons. The second kappa shape index (κ2) is 7.20. The third-order valence-electron chi connectivity index (χ3n) is 4.17. The first-order valence-electron chi connectivity index (χ1n) is 7.58. The molecule has 3 atom stereocenters. The molecule has 1 heterocycles. The number of rotatable bonds is 5. The molecule has 1 fully saturated rings. The van der Waals surface area contributed by atoms with Crippen LogP contribution in [0, 0.1) is 11.8 Å². The normalized spacial score (nSPS) is 24.8. The van der Waals surface area contributed by atoms with E-state index in [2.05, 4.69) is 15.3 Å². The zero-order valence-electron chi connectivity index (χ0n) is 12.2. The largest absolute Gasteiger partial charge is 0.391 e. The SMILES string of the molecule is CCCNC(c1cnccn1)C1CCCC(C(F)(F)F)C1. The van der Waals surface area contributed by atoms with Crippen molar-refractivity contribution in [3.63, 3.8) is 0 Å². The second-order valence-electron chi connectivity index (χ2n) is 5.73. The Bertz CT molecular complexity index is 422.